The fourth-order valence-electron chi connectivity index (χ4n) is 7.79. The van der Waals surface area contributed by atoms with Crippen molar-refractivity contribution in [3.05, 3.63) is 41.5 Å². The highest BCUT2D eigenvalue weighted by molar-refractivity contribution is 6.05. The molecule has 4 saturated carbocycles. The Labute approximate surface area is 169 Å². The predicted molar refractivity (Wildman–Crippen MR) is 113 cm³/mol. The van der Waals surface area contributed by atoms with Gasteiger partial charge < -0.3 is 5.11 Å². The molecule has 0 unspecified atom stereocenters. The fourth-order valence-corrected chi connectivity index (χ4v) is 7.79. The summed E-state index contributed by atoms with van der Waals surface area (Å²) >= 11 is 0. The molecule has 1 N–H and O–H groups in total. The van der Waals surface area contributed by atoms with Gasteiger partial charge in [0.15, 0.2) is 5.78 Å². The Morgan fingerprint density at radius 2 is 1.79 bits per heavy atom. The Hall–Kier alpha value is -1.41. The van der Waals surface area contributed by atoms with Crippen LogP contribution in [0.4, 0.5) is 0 Å². The van der Waals surface area contributed by atoms with E-state index in [2.05, 4.69) is 44.2 Å². The number of ketones is 1. The highest BCUT2D eigenvalue weighted by Crippen LogP contribution is 2.66. The molecular formula is C26H34O2. The van der Waals surface area contributed by atoms with Gasteiger partial charge in [-0.1, -0.05) is 44.2 Å². The topological polar surface area (TPSA) is 37.3 Å². The van der Waals surface area contributed by atoms with Crippen LogP contribution in [0.15, 0.2) is 35.9 Å². The van der Waals surface area contributed by atoms with E-state index in [1.165, 1.54) is 25.7 Å². The van der Waals surface area contributed by atoms with Gasteiger partial charge in [0.05, 0.1) is 6.10 Å². The number of benzene rings is 1. The Balaban J connectivity index is 1.45. The van der Waals surface area contributed by atoms with Gasteiger partial charge in [-0.2, -0.15) is 0 Å². The minimum atomic E-state index is -0.154. The molecule has 150 valence electrons. The van der Waals surface area contributed by atoms with E-state index in [0.717, 1.165) is 42.7 Å². The van der Waals surface area contributed by atoms with Crippen molar-refractivity contribution in [2.24, 2.45) is 34.5 Å². The van der Waals surface area contributed by atoms with Crippen LogP contribution in [0.2, 0.25) is 0 Å². The second-order valence-corrected chi connectivity index (χ2v) is 10.7. The number of allylic oxidation sites excluding steroid dienone is 1. The molecule has 0 aromatic heterocycles. The first kappa shape index (κ1) is 18.6. The van der Waals surface area contributed by atoms with Crippen molar-refractivity contribution < 1.29 is 9.90 Å². The highest BCUT2D eigenvalue weighted by Gasteiger charge is 2.61. The van der Waals surface area contributed by atoms with Gasteiger partial charge in [-0.05, 0) is 97.7 Å². The SMILES string of the molecule is C[C@]12CC[C@H](O)C[C@@H]1CC[C@@H]1[C@@H]2CC[C@]2(C)C(=O)/C(=C/c3ccccc3)C[C@@H]12. The lowest BCUT2D eigenvalue weighted by Crippen LogP contribution is -2.54. The Morgan fingerprint density at radius 1 is 1.00 bits per heavy atom. The molecule has 5 rings (SSSR count). The Bertz CT molecular complexity index is 796. The van der Waals surface area contributed by atoms with E-state index in [0.29, 0.717) is 29.0 Å². The molecule has 1 aromatic carbocycles. The number of carbonyl (C=O) groups is 1. The predicted octanol–water partition coefficient (Wildman–Crippen LogP) is 5.65. The number of aliphatic hydroxyl groups is 1. The summed E-state index contributed by atoms with van der Waals surface area (Å²) in [5.41, 5.74) is 2.43. The van der Waals surface area contributed by atoms with Crippen LogP contribution in [0.3, 0.4) is 0 Å². The van der Waals surface area contributed by atoms with Crippen LogP contribution >= 0.6 is 0 Å². The van der Waals surface area contributed by atoms with Crippen LogP contribution < -0.4 is 0 Å². The van der Waals surface area contributed by atoms with E-state index in [-0.39, 0.29) is 11.5 Å². The lowest BCUT2D eigenvalue weighted by atomic mass is 9.45. The number of rotatable bonds is 1. The first-order valence-electron chi connectivity index (χ1n) is 11.4. The molecule has 0 heterocycles. The number of carbonyl (C=O) groups excluding carboxylic acids is 1. The molecule has 7 atom stereocenters. The number of Topliss-reactive ketones (excluding diaryl/α,β-unsaturated/α-hetero) is 1. The minimum absolute atomic E-state index is 0.0862. The smallest absolute Gasteiger partial charge is 0.165 e. The maximum atomic E-state index is 13.4. The van der Waals surface area contributed by atoms with Crippen LogP contribution in [0.25, 0.3) is 6.08 Å². The summed E-state index contributed by atoms with van der Waals surface area (Å²) in [5, 5.41) is 10.2. The van der Waals surface area contributed by atoms with Crippen molar-refractivity contribution in [3.63, 3.8) is 0 Å². The summed E-state index contributed by atoms with van der Waals surface area (Å²) in [6.07, 6.45) is 10.9. The summed E-state index contributed by atoms with van der Waals surface area (Å²) in [5.74, 6) is 3.03. The molecule has 4 fully saturated rings. The second-order valence-electron chi connectivity index (χ2n) is 10.7. The molecule has 0 bridgehead atoms. The number of aliphatic hydroxyl groups excluding tert-OH is 1. The summed E-state index contributed by atoms with van der Waals surface area (Å²) < 4.78 is 0. The second kappa shape index (κ2) is 6.55. The van der Waals surface area contributed by atoms with E-state index in [4.69, 9.17) is 0 Å². The molecule has 0 radical (unpaired) electrons. The Morgan fingerprint density at radius 3 is 2.57 bits per heavy atom. The zero-order valence-corrected chi connectivity index (χ0v) is 17.4. The average molecular weight is 379 g/mol. The summed E-state index contributed by atoms with van der Waals surface area (Å²) in [6.45, 7) is 4.78. The van der Waals surface area contributed by atoms with Gasteiger partial charge in [0.2, 0.25) is 0 Å². The van der Waals surface area contributed by atoms with Crippen LogP contribution in [0.1, 0.15) is 70.8 Å². The third-order valence-electron chi connectivity index (χ3n) is 9.42. The van der Waals surface area contributed by atoms with Gasteiger partial charge in [-0.15, -0.1) is 0 Å². The maximum absolute atomic E-state index is 13.4. The van der Waals surface area contributed by atoms with Crippen molar-refractivity contribution in [1.82, 2.24) is 0 Å². The molecule has 0 amide bonds. The minimum Gasteiger partial charge on any atom is -0.393 e. The van der Waals surface area contributed by atoms with Crippen molar-refractivity contribution in [1.29, 1.82) is 0 Å². The summed E-state index contributed by atoms with van der Waals surface area (Å²) in [4.78, 5) is 13.4. The molecule has 4 aliphatic carbocycles. The van der Waals surface area contributed by atoms with Gasteiger partial charge >= 0.3 is 0 Å². The molecule has 2 nitrogen and oxygen atoms in total. The molecule has 0 spiro atoms. The lowest BCUT2D eigenvalue weighted by molar-refractivity contribution is -0.141. The lowest BCUT2D eigenvalue weighted by Gasteiger charge is -2.59. The van der Waals surface area contributed by atoms with Crippen molar-refractivity contribution in [2.75, 3.05) is 0 Å². The van der Waals surface area contributed by atoms with Crippen LogP contribution in [0.5, 0.6) is 0 Å². The normalized spacial score (nSPS) is 46.8. The van der Waals surface area contributed by atoms with Crippen LogP contribution in [-0.4, -0.2) is 17.0 Å². The van der Waals surface area contributed by atoms with Crippen LogP contribution in [-0.2, 0) is 4.79 Å². The fraction of sp³-hybridized carbons (Fsp3) is 0.654. The average Bonchev–Trinajstić information content (AvgIpc) is 2.94. The third kappa shape index (κ3) is 2.67. The van der Waals surface area contributed by atoms with Gasteiger partial charge in [0.1, 0.15) is 0 Å². The van der Waals surface area contributed by atoms with Crippen molar-refractivity contribution >= 4 is 11.9 Å². The number of hydrogen-bond acceptors (Lipinski definition) is 2. The maximum Gasteiger partial charge on any atom is 0.165 e. The van der Waals surface area contributed by atoms with Gasteiger partial charge in [0, 0.05) is 5.41 Å². The Kier molecular flexibility index (Phi) is 4.36. The van der Waals surface area contributed by atoms with Gasteiger partial charge in [-0.3, -0.25) is 4.79 Å². The van der Waals surface area contributed by atoms with Crippen LogP contribution in [0, 0.1) is 34.5 Å². The molecular weight excluding hydrogens is 344 g/mol. The van der Waals surface area contributed by atoms with Crippen molar-refractivity contribution in [3.8, 4) is 0 Å². The third-order valence-corrected chi connectivity index (χ3v) is 9.42. The standard InChI is InChI=1S/C26H34O2/c1-25-12-10-20(27)16-19(25)8-9-21-22(25)11-13-26(2)23(21)15-18(24(26)28)14-17-6-4-3-5-7-17/h3-7,14,19-23,27H,8-13,15-16H2,1-2H3/b18-14+/t19-,20-,21+,22-,23-,25-,26-/m0/s1. The van der Waals surface area contributed by atoms with E-state index >= 15 is 0 Å². The summed E-state index contributed by atoms with van der Waals surface area (Å²) in [6, 6.07) is 10.3. The summed E-state index contributed by atoms with van der Waals surface area (Å²) in [7, 11) is 0. The van der Waals surface area contributed by atoms with E-state index < -0.39 is 0 Å². The van der Waals surface area contributed by atoms with E-state index in [1.807, 2.05) is 6.07 Å². The number of hydrogen-bond donors (Lipinski definition) is 1. The number of fused-ring (bicyclic) bond motifs is 5. The molecule has 2 heteroatoms. The molecule has 0 aliphatic heterocycles. The zero-order chi connectivity index (χ0) is 19.5. The molecule has 4 aliphatic rings. The first-order chi connectivity index (χ1) is 13.4. The van der Waals surface area contributed by atoms with Gasteiger partial charge in [-0.25, -0.2) is 0 Å². The monoisotopic (exact) mass is 378 g/mol. The largest absolute Gasteiger partial charge is 0.393 e. The first-order valence-corrected chi connectivity index (χ1v) is 11.4. The molecule has 28 heavy (non-hydrogen) atoms. The molecule has 1 aromatic rings. The highest BCUT2D eigenvalue weighted by atomic mass is 16.3. The zero-order valence-electron chi connectivity index (χ0n) is 17.4. The van der Waals surface area contributed by atoms with E-state index in [1.54, 1.807) is 0 Å². The van der Waals surface area contributed by atoms with Gasteiger partial charge in [0.25, 0.3) is 0 Å². The molecule has 0 saturated heterocycles. The van der Waals surface area contributed by atoms with E-state index in [9.17, 15) is 9.90 Å². The van der Waals surface area contributed by atoms with Crippen molar-refractivity contribution in [2.45, 2.75) is 71.3 Å². The quantitative estimate of drug-likeness (QED) is 0.641.